The van der Waals surface area contributed by atoms with Gasteiger partial charge in [-0.25, -0.2) is 9.18 Å². The smallest absolute Gasteiger partial charge is 0.412 e. The highest BCUT2D eigenvalue weighted by atomic mass is 19.1. The van der Waals surface area contributed by atoms with E-state index in [1.165, 1.54) is 36.9 Å². The van der Waals surface area contributed by atoms with E-state index in [4.69, 9.17) is 15.2 Å². The Morgan fingerprint density at radius 3 is 2.58 bits per heavy atom. The number of carbonyl (C=O) groups excluding carboxylic acids is 4. The summed E-state index contributed by atoms with van der Waals surface area (Å²) < 4.78 is 23.8. The number of amides is 3. The number of fused-ring (bicyclic) bond motifs is 1. The monoisotopic (exact) mass is 529 g/mol. The van der Waals surface area contributed by atoms with Crippen molar-refractivity contribution in [3.8, 4) is 0 Å². The number of hydrogen-bond acceptors (Lipinski definition) is 7. The van der Waals surface area contributed by atoms with Gasteiger partial charge in [0.05, 0.1) is 11.1 Å². The number of halogens is 1. The zero-order valence-corrected chi connectivity index (χ0v) is 21.9. The van der Waals surface area contributed by atoms with Crippen molar-refractivity contribution in [3.05, 3.63) is 52.1 Å². The van der Waals surface area contributed by atoms with Crippen LogP contribution in [0, 0.1) is 19.7 Å². The Bertz CT molecular complexity index is 1290. The molecule has 1 aliphatic rings. The second-order valence-corrected chi connectivity index (χ2v) is 8.88. The van der Waals surface area contributed by atoms with Crippen molar-refractivity contribution in [2.45, 2.75) is 47.0 Å². The molecular weight excluding hydrogens is 497 g/mol. The number of likely N-dealkylation sites (N-methyl/N-ethyl adjacent to an activating group) is 1. The molecule has 2 atom stereocenters. The average molecular weight is 530 g/mol. The third kappa shape index (κ3) is 6.38. The molecule has 1 aromatic heterocycles. The van der Waals surface area contributed by atoms with E-state index in [9.17, 15) is 23.6 Å². The molecule has 0 bridgehead atoms. The number of hydrogen-bond donors (Lipinski definition) is 4. The standard InChI is InChI=1S/C26H32FN5O6/c1-6-32(26(36)38-16(5)37-25(35)14(3)28)10-9-29-24(34)22-13(2)21(30-15(22)4)12-19-18-11-17(27)7-8-20(18)31-23(19)33/h7-8,11-12,14,16,30H,6,9-10,28H2,1-5H3,(H,29,34)(H,31,33). The molecule has 0 aliphatic carbocycles. The van der Waals surface area contributed by atoms with Gasteiger partial charge >= 0.3 is 12.1 Å². The molecule has 5 N–H and O–H groups in total. The first-order valence-electron chi connectivity index (χ1n) is 12.1. The molecule has 2 heterocycles. The van der Waals surface area contributed by atoms with Crippen LogP contribution in [-0.2, 0) is 19.1 Å². The number of H-pyrrole nitrogens is 1. The second kappa shape index (κ2) is 11.9. The van der Waals surface area contributed by atoms with Gasteiger partial charge in [-0.05, 0) is 57.5 Å². The van der Waals surface area contributed by atoms with Crippen molar-refractivity contribution in [3.63, 3.8) is 0 Å². The summed E-state index contributed by atoms with van der Waals surface area (Å²) in [4.78, 5) is 53.8. The molecule has 2 aromatic rings. The number of nitrogens with zero attached hydrogens (tertiary/aromatic N) is 1. The Morgan fingerprint density at radius 1 is 1.21 bits per heavy atom. The predicted molar refractivity (Wildman–Crippen MR) is 138 cm³/mol. The molecule has 38 heavy (non-hydrogen) atoms. The van der Waals surface area contributed by atoms with Crippen LogP contribution in [0.5, 0.6) is 0 Å². The number of rotatable bonds is 9. The molecule has 3 rings (SSSR count). The van der Waals surface area contributed by atoms with E-state index < -0.39 is 30.2 Å². The summed E-state index contributed by atoms with van der Waals surface area (Å²) in [6, 6.07) is 3.20. The van der Waals surface area contributed by atoms with Gasteiger partial charge in [-0.2, -0.15) is 0 Å². The number of nitrogens with one attached hydrogen (secondary N) is 3. The predicted octanol–water partition coefficient (Wildman–Crippen LogP) is 2.69. The van der Waals surface area contributed by atoms with Crippen LogP contribution in [0.3, 0.4) is 0 Å². The fourth-order valence-electron chi connectivity index (χ4n) is 3.99. The lowest BCUT2D eigenvalue weighted by atomic mass is 10.0. The SMILES string of the molecule is CCN(CCNC(=O)c1c(C)[nH]c(C=C2C(=O)Nc3ccc(F)cc32)c1C)C(=O)OC(C)OC(=O)C(C)N. The van der Waals surface area contributed by atoms with Crippen LogP contribution in [-0.4, -0.2) is 65.7 Å². The third-order valence-electron chi connectivity index (χ3n) is 5.98. The van der Waals surface area contributed by atoms with Crippen molar-refractivity contribution in [2.24, 2.45) is 5.73 Å². The number of benzene rings is 1. The van der Waals surface area contributed by atoms with Crippen molar-refractivity contribution in [1.29, 1.82) is 0 Å². The summed E-state index contributed by atoms with van der Waals surface area (Å²) in [7, 11) is 0. The van der Waals surface area contributed by atoms with Crippen molar-refractivity contribution >= 4 is 41.2 Å². The molecule has 1 aliphatic heterocycles. The van der Waals surface area contributed by atoms with Crippen LogP contribution >= 0.6 is 0 Å². The highest BCUT2D eigenvalue weighted by Crippen LogP contribution is 2.34. The number of esters is 1. The molecule has 0 radical (unpaired) electrons. The Morgan fingerprint density at radius 2 is 1.92 bits per heavy atom. The van der Waals surface area contributed by atoms with Crippen LogP contribution in [0.1, 0.15) is 53.6 Å². The largest absolute Gasteiger partial charge is 0.424 e. The second-order valence-electron chi connectivity index (χ2n) is 8.88. The summed E-state index contributed by atoms with van der Waals surface area (Å²) in [5, 5.41) is 5.48. The summed E-state index contributed by atoms with van der Waals surface area (Å²) in [6.07, 6.45) is -0.234. The van der Waals surface area contributed by atoms with Crippen LogP contribution in [0.4, 0.5) is 14.9 Å². The number of carbonyl (C=O) groups is 4. The van der Waals surface area contributed by atoms with E-state index in [1.807, 2.05) is 0 Å². The Kier molecular flexibility index (Phi) is 8.89. The number of aryl methyl sites for hydroxylation is 1. The highest BCUT2D eigenvalue weighted by Gasteiger charge is 2.26. The van der Waals surface area contributed by atoms with E-state index in [0.29, 0.717) is 40.3 Å². The van der Waals surface area contributed by atoms with Gasteiger partial charge in [-0.3, -0.25) is 14.4 Å². The lowest BCUT2D eigenvalue weighted by Crippen LogP contribution is -2.41. The fourth-order valence-corrected chi connectivity index (χ4v) is 3.99. The topological polar surface area (TPSA) is 156 Å². The summed E-state index contributed by atoms with van der Waals surface area (Å²) in [5.74, 6) is -1.89. The minimum Gasteiger partial charge on any atom is -0.424 e. The van der Waals surface area contributed by atoms with Gasteiger partial charge in [-0.15, -0.1) is 0 Å². The Balaban J connectivity index is 1.64. The zero-order chi connectivity index (χ0) is 28.1. The van der Waals surface area contributed by atoms with Gasteiger partial charge in [0.25, 0.3) is 11.8 Å². The van der Waals surface area contributed by atoms with Gasteiger partial charge in [-0.1, -0.05) is 0 Å². The molecule has 12 heteroatoms. The van der Waals surface area contributed by atoms with E-state index in [1.54, 1.807) is 26.8 Å². The zero-order valence-electron chi connectivity index (χ0n) is 21.9. The van der Waals surface area contributed by atoms with Gasteiger partial charge < -0.3 is 35.7 Å². The molecule has 0 spiro atoms. The third-order valence-corrected chi connectivity index (χ3v) is 5.98. The van der Waals surface area contributed by atoms with Crippen LogP contribution < -0.4 is 16.4 Å². The normalized spacial score (nSPS) is 14.9. The van der Waals surface area contributed by atoms with E-state index in [0.717, 1.165) is 0 Å². The van der Waals surface area contributed by atoms with Crippen LogP contribution in [0.25, 0.3) is 11.6 Å². The number of ether oxygens (including phenoxy) is 2. The molecule has 1 aromatic carbocycles. The van der Waals surface area contributed by atoms with E-state index in [-0.39, 0.29) is 30.5 Å². The summed E-state index contributed by atoms with van der Waals surface area (Å²) in [6.45, 7) is 8.65. The molecule has 204 valence electrons. The first-order valence-corrected chi connectivity index (χ1v) is 12.1. The first kappa shape index (κ1) is 28.4. The minimum absolute atomic E-state index is 0.130. The van der Waals surface area contributed by atoms with Crippen molar-refractivity contribution in [1.82, 2.24) is 15.2 Å². The summed E-state index contributed by atoms with van der Waals surface area (Å²) in [5.41, 5.74) is 8.82. The maximum atomic E-state index is 13.8. The van der Waals surface area contributed by atoms with E-state index >= 15 is 0 Å². The molecule has 11 nitrogen and oxygen atoms in total. The van der Waals surface area contributed by atoms with Crippen molar-refractivity contribution < 1.29 is 33.0 Å². The van der Waals surface area contributed by atoms with Crippen LogP contribution in [0.15, 0.2) is 18.2 Å². The Labute approximate surface area is 219 Å². The Hall–Kier alpha value is -4.19. The van der Waals surface area contributed by atoms with Gasteiger partial charge in [0, 0.05) is 49.2 Å². The van der Waals surface area contributed by atoms with Gasteiger partial charge in [0.15, 0.2) is 0 Å². The molecular formula is C26H32FN5O6. The number of aromatic nitrogens is 1. The molecule has 2 unspecified atom stereocenters. The van der Waals surface area contributed by atoms with E-state index in [2.05, 4.69) is 15.6 Å². The van der Waals surface area contributed by atoms with Crippen LogP contribution in [0.2, 0.25) is 0 Å². The molecule has 0 saturated carbocycles. The maximum Gasteiger partial charge on any atom is 0.412 e. The average Bonchev–Trinajstić information content (AvgIpc) is 3.30. The lowest BCUT2D eigenvalue weighted by Gasteiger charge is -2.23. The fraction of sp³-hybridized carbons (Fsp3) is 0.385. The maximum absolute atomic E-state index is 13.8. The lowest BCUT2D eigenvalue weighted by molar-refractivity contribution is -0.167. The molecule has 3 amide bonds. The van der Waals surface area contributed by atoms with Gasteiger partial charge in [0.1, 0.15) is 11.9 Å². The molecule has 0 saturated heterocycles. The number of nitrogens with two attached hydrogens (primary N) is 1. The summed E-state index contributed by atoms with van der Waals surface area (Å²) >= 11 is 0. The van der Waals surface area contributed by atoms with Gasteiger partial charge in [0.2, 0.25) is 6.29 Å². The number of anilines is 1. The first-order chi connectivity index (χ1) is 17.9. The van der Waals surface area contributed by atoms with Crippen molar-refractivity contribution in [2.75, 3.05) is 25.0 Å². The number of aromatic amines is 1. The minimum atomic E-state index is -1.12. The molecule has 0 fully saturated rings. The quantitative estimate of drug-likeness (QED) is 0.221. The highest BCUT2D eigenvalue weighted by molar-refractivity contribution is 6.34.